The number of nitrogens with one attached hydrogen (secondary N) is 1. The van der Waals surface area contributed by atoms with E-state index in [1.54, 1.807) is 18.4 Å². The van der Waals surface area contributed by atoms with Crippen LogP contribution in [0.25, 0.3) is 11.0 Å². The first-order valence-corrected chi connectivity index (χ1v) is 8.34. The normalized spacial score (nSPS) is 11.0. The van der Waals surface area contributed by atoms with Crippen LogP contribution in [0.5, 0.6) is 0 Å². The van der Waals surface area contributed by atoms with Gasteiger partial charge < -0.3 is 9.73 Å². The molecule has 3 aromatic rings. The highest BCUT2D eigenvalue weighted by atomic mass is 35.5. The van der Waals surface area contributed by atoms with Gasteiger partial charge in [-0.05, 0) is 55.7 Å². The van der Waals surface area contributed by atoms with Crippen LogP contribution in [0.4, 0.5) is 5.69 Å². The number of furan rings is 1. The molecule has 0 unspecified atom stereocenters. The van der Waals surface area contributed by atoms with Crippen molar-refractivity contribution in [2.45, 2.75) is 27.2 Å². The Morgan fingerprint density at radius 3 is 2.62 bits per heavy atom. The van der Waals surface area contributed by atoms with Gasteiger partial charge in [0.15, 0.2) is 0 Å². The summed E-state index contributed by atoms with van der Waals surface area (Å²) in [6.45, 7) is 5.80. The fourth-order valence-corrected chi connectivity index (χ4v) is 3.16. The lowest BCUT2D eigenvalue weighted by Gasteiger charge is -2.09. The molecular weight excluding hydrogens is 345 g/mol. The maximum absolute atomic E-state index is 12.4. The number of fused-ring (bicyclic) bond motifs is 1. The third-order valence-corrected chi connectivity index (χ3v) is 4.94. The van der Waals surface area contributed by atoms with Crippen LogP contribution in [0.15, 0.2) is 34.9 Å². The largest absolute Gasteiger partial charge is 0.464 e. The van der Waals surface area contributed by atoms with E-state index in [-0.39, 0.29) is 12.3 Å². The minimum Gasteiger partial charge on any atom is -0.464 e. The summed E-state index contributed by atoms with van der Waals surface area (Å²) in [4.78, 5) is 12.4. The van der Waals surface area contributed by atoms with Gasteiger partial charge in [-0.15, -0.1) is 0 Å². The minimum atomic E-state index is -0.126. The van der Waals surface area contributed by atoms with Crippen LogP contribution in [0.1, 0.15) is 22.3 Å². The summed E-state index contributed by atoms with van der Waals surface area (Å²) in [5.74, 6) is -0.126. The molecule has 3 rings (SSSR count). The van der Waals surface area contributed by atoms with Gasteiger partial charge in [-0.1, -0.05) is 29.3 Å². The summed E-state index contributed by atoms with van der Waals surface area (Å²) < 4.78 is 5.60. The molecule has 0 atom stereocenters. The van der Waals surface area contributed by atoms with Crippen LogP contribution >= 0.6 is 23.2 Å². The predicted octanol–water partition coefficient (Wildman–Crippen LogP) is 5.85. The van der Waals surface area contributed by atoms with Crippen molar-refractivity contribution in [1.82, 2.24) is 0 Å². The number of aryl methyl sites for hydroxylation is 3. The number of halogens is 2. The number of carbonyl (C=O) groups is 1. The summed E-state index contributed by atoms with van der Waals surface area (Å²) in [5, 5.41) is 5.10. The van der Waals surface area contributed by atoms with Crippen molar-refractivity contribution in [2.75, 3.05) is 5.32 Å². The first kappa shape index (κ1) is 16.9. The minimum absolute atomic E-state index is 0.126. The second-order valence-corrected chi connectivity index (χ2v) is 6.77. The molecule has 124 valence electrons. The van der Waals surface area contributed by atoms with Gasteiger partial charge in [-0.25, -0.2) is 0 Å². The molecule has 0 saturated carbocycles. The molecule has 1 N–H and O–H groups in total. The fraction of sp³-hybridized carbons (Fsp3) is 0.211. The van der Waals surface area contributed by atoms with Crippen molar-refractivity contribution < 1.29 is 9.21 Å². The van der Waals surface area contributed by atoms with E-state index in [0.29, 0.717) is 15.7 Å². The van der Waals surface area contributed by atoms with Crippen molar-refractivity contribution in [3.63, 3.8) is 0 Å². The number of hydrogen-bond donors (Lipinski definition) is 1. The van der Waals surface area contributed by atoms with Gasteiger partial charge in [0.2, 0.25) is 5.91 Å². The number of anilines is 1. The first-order chi connectivity index (χ1) is 11.4. The molecule has 0 spiro atoms. The summed E-state index contributed by atoms with van der Waals surface area (Å²) in [7, 11) is 0. The van der Waals surface area contributed by atoms with Gasteiger partial charge in [0.1, 0.15) is 5.58 Å². The van der Waals surface area contributed by atoms with Crippen LogP contribution in [-0.2, 0) is 11.2 Å². The van der Waals surface area contributed by atoms with Gasteiger partial charge in [0, 0.05) is 26.7 Å². The molecular formula is C19H17Cl2NO2. The van der Waals surface area contributed by atoms with E-state index < -0.39 is 0 Å². The van der Waals surface area contributed by atoms with E-state index in [1.807, 2.05) is 32.9 Å². The first-order valence-electron chi connectivity index (χ1n) is 7.58. The van der Waals surface area contributed by atoms with Gasteiger partial charge in [0.25, 0.3) is 0 Å². The molecule has 24 heavy (non-hydrogen) atoms. The smallest absolute Gasteiger partial charge is 0.228 e. The highest BCUT2D eigenvalue weighted by Crippen LogP contribution is 2.33. The SMILES string of the molecule is Cc1ccc(Cl)cc1NC(=O)Cc1coc2cc(C)c(Cl)c(C)c12. The van der Waals surface area contributed by atoms with E-state index in [4.69, 9.17) is 27.6 Å². The highest BCUT2D eigenvalue weighted by Gasteiger charge is 2.16. The van der Waals surface area contributed by atoms with Gasteiger partial charge in [-0.3, -0.25) is 4.79 Å². The summed E-state index contributed by atoms with van der Waals surface area (Å²) in [5.41, 5.74) is 5.13. The van der Waals surface area contributed by atoms with E-state index in [2.05, 4.69) is 5.32 Å². The average Bonchev–Trinajstić information content (AvgIpc) is 2.91. The molecule has 2 aromatic carbocycles. The maximum Gasteiger partial charge on any atom is 0.228 e. The maximum atomic E-state index is 12.4. The van der Waals surface area contributed by atoms with Crippen molar-refractivity contribution in [2.24, 2.45) is 0 Å². The third-order valence-electron chi connectivity index (χ3n) is 4.12. The Morgan fingerprint density at radius 2 is 1.88 bits per heavy atom. The van der Waals surface area contributed by atoms with E-state index >= 15 is 0 Å². The zero-order chi connectivity index (χ0) is 17.4. The molecule has 1 amide bonds. The summed E-state index contributed by atoms with van der Waals surface area (Å²) >= 11 is 12.3. The van der Waals surface area contributed by atoms with Gasteiger partial charge in [0.05, 0.1) is 12.7 Å². The Balaban J connectivity index is 1.89. The van der Waals surface area contributed by atoms with E-state index in [9.17, 15) is 4.79 Å². The second-order valence-electron chi connectivity index (χ2n) is 5.95. The Morgan fingerprint density at radius 1 is 1.12 bits per heavy atom. The third kappa shape index (κ3) is 3.14. The number of rotatable bonds is 3. The lowest BCUT2D eigenvalue weighted by Crippen LogP contribution is -2.15. The molecule has 0 radical (unpaired) electrons. The Bertz CT molecular complexity index is 944. The molecule has 0 aliphatic carbocycles. The van der Waals surface area contributed by atoms with Crippen LogP contribution in [0.2, 0.25) is 10.0 Å². The number of amides is 1. The van der Waals surface area contributed by atoms with Gasteiger partial charge in [-0.2, -0.15) is 0 Å². The lowest BCUT2D eigenvalue weighted by molar-refractivity contribution is -0.115. The molecule has 0 aliphatic rings. The zero-order valence-electron chi connectivity index (χ0n) is 13.7. The Hall–Kier alpha value is -1.97. The standard InChI is InChI=1S/C19H17Cl2NO2/c1-10-4-5-14(20)8-15(10)22-17(23)7-13-9-24-16-6-11(2)19(21)12(3)18(13)16/h4-6,8-9H,7H2,1-3H3,(H,22,23). The monoisotopic (exact) mass is 361 g/mol. The summed E-state index contributed by atoms with van der Waals surface area (Å²) in [6, 6.07) is 7.31. The van der Waals surface area contributed by atoms with Gasteiger partial charge >= 0.3 is 0 Å². The zero-order valence-corrected chi connectivity index (χ0v) is 15.2. The van der Waals surface area contributed by atoms with Crippen molar-refractivity contribution in [1.29, 1.82) is 0 Å². The number of hydrogen-bond acceptors (Lipinski definition) is 2. The molecule has 0 aliphatic heterocycles. The molecule has 1 aromatic heterocycles. The van der Waals surface area contributed by atoms with Crippen molar-refractivity contribution >= 4 is 45.8 Å². The molecule has 0 fully saturated rings. The van der Waals surface area contributed by atoms with Crippen LogP contribution in [-0.4, -0.2) is 5.91 Å². The molecule has 3 nitrogen and oxygen atoms in total. The second kappa shape index (κ2) is 6.50. The highest BCUT2D eigenvalue weighted by molar-refractivity contribution is 6.33. The van der Waals surface area contributed by atoms with Crippen molar-refractivity contribution in [3.8, 4) is 0 Å². The lowest BCUT2D eigenvalue weighted by atomic mass is 10.0. The fourth-order valence-electron chi connectivity index (χ4n) is 2.83. The van der Waals surface area contributed by atoms with Crippen LogP contribution in [0, 0.1) is 20.8 Å². The average molecular weight is 362 g/mol. The Kier molecular flexibility index (Phi) is 4.57. The van der Waals surface area contributed by atoms with Crippen LogP contribution < -0.4 is 5.32 Å². The summed E-state index contributed by atoms with van der Waals surface area (Å²) in [6.07, 6.45) is 1.83. The topological polar surface area (TPSA) is 42.2 Å². The predicted molar refractivity (Wildman–Crippen MR) is 99.2 cm³/mol. The molecule has 1 heterocycles. The number of benzene rings is 2. The van der Waals surface area contributed by atoms with E-state index in [1.165, 1.54) is 0 Å². The Labute approximate surface area is 150 Å². The van der Waals surface area contributed by atoms with Crippen molar-refractivity contribution in [3.05, 3.63) is 62.8 Å². The molecule has 0 saturated heterocycles. The molecule has 5 heteroatoms. The number of carbonyl (C=O) groups excluding carboxylic acids is 1. The quantitative estimate of drug-likeness (QED) is 0.635. The van der Waals surface area contributed by atoms with Crippen LogP contribution in [0.3, 0.4) is 0 Å². The van der Waals surface area contributed by atoms with E-state index in [0.717, 1.165) is 33.2 Å². The molecule has 0 bridgehead atoms.